The predicted molar refractivity (Wildman–Crippen MR) is 93.9 cm³/mol. The summed E-state index contributed by atoms with van der Waals surface area (Å²) in [5.41, 5.74) is 2.33. The van der Waals surface area contributed by atoms with Gasteiger partial charge in [0.1, 0.15) is 0 Å². The highest BCUT2D eigenvalue weighted by Gasteiger charge is 2.09. The molecule has 2 aromatic rings. The van der Waals surface area contributed by atoms with E-state index >= 15 is 0 Å². The fourth-order valence-electron chi connectivity index (χ4n) is 2.33. The maximum absolute atomic E-state index is 12.0. The van der Waals surface area contributed by atoms with Crippen molar-refractivity contribution in [1.82, 2.24) is 5.32 Å². The quantitative estimate of drug-likeness (QED) is 0.767. The molecule has 2 aromatic carbocycles. The number of rotatable bonds is 7. The monoisotopic (exact) mass is 326 g/mol. The van der Waals surface area contributed by atoms with Gasteiger partial charge in [0.25, 0.3) is 0 Å². The molecule has 126 valence electrons. The molecule has 0 radical (unpaired) electrons. The van der Waals surface area contributed by atoms with Gasteiger partial charge >= 0.3 is 5.97 Å². The number of benzene rings is 2. The minimum Gasteiger partial charge on any atom is -0.465 e. The van der Waals surface area contributed by atoms with Crippen LogP contribution in [0.1, 0.15) is 35.3 Å². The van der Waals surface area contributed by atoms with Crippen molar-refractivity contribution in [3.05, 3.63) is 65.7 Å². The molecule has 0 aromatic heterocycles. The maximum atomic E-state index is 12.0. The fraction of sp³-hybridized carbons (Fsp3) is 0.263. The molecule has 1 unspecified atom stereocenters. The lowest BCUT2D eigenvalue weighted by Crippen LogP contribution is -2.28. The summed E-state index contributed by atoms with van der Waals surface area (Å²) in [6, 6.07) is 16.8. The summed E-state index contributed by atoms with van der Waals surface area (Å²) in [5.74, 6) is -0.406. The Morgan fingerprint density at radius 3 is 2.54 bits per heavy atom. The van der Waals surface area contributed by atoms with Gasteiger partial charge in [-0.05, 0) is 30.7 Å². The van der Waals surface area contributed by atoms with Crippen molar-refractivity contribution in [3.63, 3.8) is 0 Å². The van der Waals surface area contributed by atoms with Crippen molar-refractivity contribution < 1.29 is 14.3 Å². The van der Waals surface area contributed by atoms with Gasteiger partial charge in [-0.2, -0.15) is 0 Å². The summed E-state index contributed by atoms with van der Waals surface area (Å²) < 4.78 is 4.69. The second-order valence-corrected chi connectivity index (χ2v) is 5.45. The molecular weight excluding hydrogens is 304 g/mol. The molecular formula is C19H22N2O3. The Kier molecular flexibility index (Phi) is 6.37. The van der Waals surface area contributed by atoms with Crippen LogP contribution < -0.4 is 10.6 Å². The molecule has 0 spiro atoms. The Balaban J connectivity index is 1.79. The van der Waals surface area contributed by atoms with Gasteiger partial charge in [-0.25, -0.2) is 4.79 Å². The zero-order valence-electron chi connectivity index (χ0n) is 13.9. The molecule has 0 bridgehead atoms. The molecule has 1 amide bonds. The molecule has 0 saturated heterocycles. The minimum atomic E-state index is -0.381. The van der Waals surface area contributed by atoms with Gasteiger partial charge in [0.2, 0.25) is 5.91 Å². The summed E-state index contributed by atoms with van der Waals surface area (Å²) in [7, 11) is 1.35. The van der Waals surface area contributed by atoms with Crippen LogP contribution in [0.25, 0.3) is 0 Å². The van der Waals surface area contributed by atoms with Crippen LogP contribution in [0.4, 0.5) is 5.69 Å². The van der Waals surface area contributed by atoms with Gasteiger partial charge in [-0.1, -0.05) is 36.4 Å². The number of ether oxygens (including phenoxy) is 1. The van der Waals surface area contributed by atoms with E-state index < -0.39 is 0 Å². The predicted octanol–water partition coefficient (Wildman–Crippen LogP) is 3.15. The molecule has 0 aliphatic carbocycles. The van der Waals surface area contributed by atoms with Gasteiger partial charge in [-0.15, -0.1) is 0 Å². The summed E-state index contributed by atoms with van der Waals surface area (Å²) in [6.45, 7) is 2.44. The van der Waals surface area contributed by atoms with Crippen LogP contribution >= 0.6 is 0 Å². The molecule has 0 aliphatic rings. The Labute approximate surface area is 142 Å². The number of methoxy groups -OCH3 is 1. The molecule has 0 heterocycles. The second kappa shape index (κ2) is 8.72. The van der Waals surface area contributed by atoms with Crippen molar-refractivity contribution in [2.75, 3.05) is 19.0 Å². The average Bonchev–Trinajstić information content (AvgIpc) is 2.62. The number of amides is 1. The van der Waals surface area contributed by atoms with Crippen LogP contribution in [-0.4, -0.2) is 25.5 Å². The van der Waals surface area contributed by atoms with Crippen LogP contribution in [0, 0.1) is 0 Å². The Hall–Kier alpha value is -2.82. The van der Waals surface area contributed by atoms with Crippen molar-refractivity contribution >= 4 is 17.6 Å². The van der Waals surface area contributed by atoms with Crippen molar-refractivity contribution in [2.24, 2.45) is 0 Å². The lowest BCUT2D eigenvalue weighted by molar-refractivity contribution is -0.121. The van der Waals surface area contributed by atoms with Crippen LogP contribution in [-0.2, 0) is 9.53 Å². The topological polar surface area (TPSA) is 67.4 Å². The third-order valence-electron chi connectivity index (χ3n) is 3.64. The highest BCUT2D eigenvalue weighted by molar-refractivity contribution is 5.90. The van der Waals surface area contributed by atoms with Gasteiger partial charge in [0.05, 0.1) is 18.7 Å². The van der Waals surface area contributed by atoms with E-state index in [4.69, 9.17) is 0 Å². The average molecular weight is 326 g/mol. The van der Waals surface area contributed by atoms with Crippen LogP contribution in [0.5, 0.6) is 0 Å². The van der Waals surface area contributed by atoms with Crippen LogP contribution in [0.2, 0.25) is 0 Å². The van der Waals surface area contributed by atoms with E-state index in [2.05, 4.69) is 15.4 Å². The zero-order valence-corrected chi connectivity index (χ0v) is 13.9. The van der Waals surface area contributed by atoms with Crippen molar-refractivity contribution in [2.45, 2.75) is 19.4 Å². The number of nitrogens with one attached hydrogen (secondary N) is 2. The molecule has 24 heavy (non-hydrogen) atoms. The van der Waals surface area contributed by atoms with E-state index in [9.17, 15) is 9.59 Å². The van der Waals surface area contributed by atoms with E-state index in [0.717, 1.165) is 11.3 Å². The Bertz CT molecular complexity index is 686. The van der Waals surface area contributed by atoms with Crippen molar-refractivity contribution in [1.29, 1.82) is 0 Å². The Morgan fingerprint density at radius 2 is 1.83 bits per heavy atom. The first kappa shape index (κ1) is 17.5. The molecule has 5 nitrogen and oxygen atoms in total. The number of hydrogen-bond acceptors (Lipinski definition) is 4. The van der Waals surface area contributed by atoms with E-state index in [1.54, 1.807) is 18.2 Å². The maximum Gasteiger partial charge on any atom is 0.337 e. The van der Waals surface area contributed by atoms with E-state index in [1.165, 1.54) is 7.11 Å². The second-order valence-electron chi connectivity index (χ2n) is 5.45. The Morgan fingerprint density at radius 1 is 1.08 bits per heavy atom. The number of carbonyl (C=O) groups is 2. The van der Waals surface area contributed by atoms with E-state index in [-0.39, 0.29) is 17.9 Å². The highest BCUT2D eigenvalue weighted by atomic mass is 16.5. The molecule has 1 atom stereocenters. The summed E-state index contributed by atoms with van der Waals surface area (Å²) in [6.07, 6.45) is 0.347. The number of hydrogen-bond donors (Lipinski definition) is 2. The molecule has 2 rings (SSSR count). The first-order chi connectivity index (χ1) is 11.6. The first-order valence-electron chi connectivity index (χ1n) is 7.86. The SMILES string of the molecule is COC(=O)c1cccc(NCCC(=O)NC(C)c2ccccc2)c1. The molecule has 0 fully saturated rings. The van der Waals surface area contributed by atoms with Gasteiger partial charge in [0, 0.05) is 18.7 Å². The number of anilines is 1. The number of esters is 1. The summed E-state index contributed by atoms with van der Waals surface area (Å²) >= 11 is 0. The van der Waals surface area contributed by atoms with Crippen molar-refractivity contribution in [3.8, 4) is 0 Å². The van der Waals surface area contributed by atoms with Gasteiger partial charge in [0.15, 0.2) is 0 Å². The zero-order chi connectivity index (χ0) is 17.4. The smallest absolute Gasteiger partial charge is 0.337 e. The largest absolute Gasteiger partial charge is 0.465 e. The molecule has 0 aliphatic heterocycles. The lowest BCUT2D eigenvalue weighted by Gasteiger charge is -2.14. The molecule has 2 N–H and O–H groups in total. The molecule has 5 heteroatoms. The fourth-order valence-corrected chi connectivity index (χ4v) is 2.33. The molecule has 0 saturated carbocycles. The van der Waals surface area contributed by atoms with Gasteiger partial charge < -0.3 is 15.4 Å². The third kappa shape index (κ3) is 5.12. The van der Waals surface area contributed by atoms with E-state index in [1.807, 2.05) is 43.3 Å². The highest BCUT2D eigenvalue weighted by Crippen LogP contribution is 2.13. The lowest BCUT2D eigenvalue weighted by atomic mass is 10.1. The summed E-state index contributed by atoms with van der Waals surface area (Å²) in [4.78, 5) is 23.5. The third-order valence-corrected chi connectivity index (χ3v) is 3.64. The van der Waals surface area contributed by atoms with Gasteiger partial charge in [-0.3, -0.25) is 4.79 Å². The van der Waals surface area contributed by atoms with E-state index in [0.29, 0.717) is 18.5 Å². The summed E-state index contributed by atoms with van der Waals surface area (Å²) in [5, 5.41) is 6.11. The van der Waals surface area contributed by atoms with Crippen LogP contribution in [0.3, 0.4) is 0 Å². The van der Waals surface area contributed by atoms with Crippen LogP contribution in [0.15, 0.2) is 54.6 Å². The minimum absolute atomic E-state index is 0.0250. The normalized spacial score (nSPS) is 11.4. The first-order valence-corrected chi connectivity index (χ1v) is 7.86. The standard InChI is InChI=1S/C19H22N2O3/c1-14(15-7-4-3-5-8-15)21-18(22)11-12-20-17-10-6-9-16(13-17)19(23)24-2/h3-10,13-14,20H,11-12H2,1-2H3,(H,21,22). The number of carbonyl (C=O) groups excluding carboxylic acids is 2.